The van der Waals surface area contributed by atoms with Crippen molar-refractivity contribution in [2.24, 2.45) is 0 Å². The van der Waals surface area contributed by atoms with Gasteiger partial charge in [-0.2, -0.15) is 0 Å². The van der Waals surface area contributed by atoms with Crippen LogP contribution < -0.4 is 21.1 Å². The van der Waals surface area contributed by atoms with Crippen LogP contribution >= 0.6 is 22.7 Å². The normalized spacial score (nSPS) is 12.3. The largest absolute Gasteiger partial charge is 0.355 e. The topological polar surface area (TPSA) is 15.3 Å². The predicted molar refractivity (Wildman–Crippen MR) is 262 cm³/mol. The standard InChI is InChI=1S/C54H43BN2S2/c1-3-4-6-15-35-26-31-46(43(32-35)36-16-7-5-8-17-36)57-52-39-19-10-9-18-37(39)33-44(50(52)55-51-42-21-12-14-23-48(42)59-54(51)57)49-45(56-38-27-24-34(2)25-28-38)30-29-41-40-20-11-13-22-47(40)58-53(41)49/h5,7-14,16-33,55-56H,3-4,6,15H2,1-2H3. The van der Waals surface area contributed by atoms with Gasteiger partial charge < -0.3 is 10.2 Å². The smallest absolute Gasteiger partial charge is 0.200 e. The highest BCUT2D eigenvalue weighted by atomic mass is 32.1. The molecule has 5 heteroatoms. The zero-order valence-corrected chi connectivity index (χ0v) is 35.0. The van der Waals surface area contributed by atoms with Gasteiger partial charge in [0.1, 0.15) is 0 Å². The Morgan fingerprint density at radius 2 is 1.32 bits per heavy atom. The van der Waals surface area contributed by atoms with Crippen molar-refractivity contribution in [2.45, 2.75) is 39.5 Å². The van der Waals surface area contributed by atoms with E-state index in [-0.39, 0.29) is 0 Å². The van der Waals surface area contributed by atoms with E-state index in [9.17, 15) is 0 Å². The number of fused-ring (bicyclic) bond motifs is 9. The third-order valence-electron chi connectivity index (χ3n) is 12.2. The maximum atomic E-state index is 3.93. The number of nitrogens with one attached hydrogen (secondary N) is 1. The molecule has 0 bridgehead atoms. The van der Waals surface area contributed by atoms with Gasteiger partial charge in [0, 0.05) is 58.4 Å². The molecule has 0 unspecified atom stereocenters. The van der Waals surface area contributed by atoms with Crippen molar-refractivity contribution in [3.8, 4) is 22.3 Å². The molecule has 10 aromatic rings. The Hall–Kier alpha value is -6.14. The lowest BCUT2D eigenvalue weighted by Crippen LogP contribution is -2.40. The SMILES string of the molecule is CCCCCc1ccc(N2c3sc4ccccc4c3Bc3c(-c4c(Nc5ccc(C)cc5)ccc5c4sc4ccccc45)cc4ccccc4c32)c(-c2ccccc2)c1. The van der Waals surface area contributed by atoms with Crippen LogP contribution in [-0.4, -0.2) is 7.28 Å². The van der Waals surface area contributed by atoms with Crippen molar-refractivity contribution in [3.63, 3.8) is 0 Å². The highest BCUT2D eigenvalue weighted by Gasteiger charge is 2.34. The molecular weight excluding hydrogens is 752 g/mol. The second-order valence-corrected chi connectivity index (χ2v) is 18.1. The van der Waals surface area contributed by atoms with E-state index >= 15 is 0 Å². The number of aryl methyl sites for hydroxylation is 2. The molecule has 3 heterocycles. The minimum absolute atomic E-state index is 0.840. The Kier molecular flexibility index (Phi) is 9.09. The number of unbranched alkanes of at least 4 members (excludes halogenated alkanes) is 2. The summed E-state index contributed by atoms with van der Waals surface area (Å²) in [6.07, 6.45) is 4.75. The van der Waals surface area contributed by atoms with Gasteiger partial charge in [0.05, 0.1) is 10.7 Å². The molecule has 284 valence electrons. The van der Waals surface area contributed by atoms with E-state index in [0.29, 0.717) is 0 Å². The second kappa shape index (κ2) is 14.9. The number of benzene rings is 8. The summed E-state index contributed by atoms with van der Waals surface area (Å²) in [4.78, 5) is 2.65. The molecule has 2 nitrogen and oxygen atoms in total. The highest BCUT2D eigenvalue weighted by molar-refractivity contribution is 7.26. The van der Waals surface area contributed by atoms with Crippen LogP contribution in [0.3, 0.4) is 0 Å². The molecule has 11 rings (SSSR count). The summed E-state index contributed by atoms with van der Waals surface area (Å²) >= 11 is 3.84. The maximum absolute atomic E-state index is 3.93. The van der Waals surface area contributed by atoms with Crippen LogP contribution in [0.5, 0.6) is 0 Å². The molecule has 1 N–H and O–H groups in total. The molecule has 1 aliphatic rings. The summed E-state index contributed by atoms with van der Waals surface area (Å²) in [6, 6.07) is 61.3. The zero-order valence-electron chi connectivity index (χ0n) is 33.4. The minimum atomic E-state index is 0.840. The fourth-order valence-corrected chi connectivity index (χ4v) is 11.8. The van der Waals surface area contributed by atoms with Gasteiger partial charge in [-0.05, 0) is 107 Å². The van der Waals surface area contributed by atoms with Crippen molar-refractivity contribution in [1.82, 2.24) is 0 Å². The van der Waals surface area contributed by atoms with Gasteiger partial charge >= 0.3 is 0 Å². The average Bonchev–Trinajstić information content (AvgIpc) is 3.85. The van der Waals surface area contributed by atoms with Crippen molar-refractivity contribution in [1.29, 1.82) is 0 Å². The van der Waals surface area contributed by atoms with E-state index in [1.165, 1.54) is 121 Å². The van der Waals surface area contributed by atoms with Crippen LogP contribution in [0.2, 0.25) is 0 Å². The number of thiophene rings is 2. The number of nitrogens with zero attached hydrogens (tertiary/aromatic N) is 1. The number of hydrogen-bond acceptors (Lipinski definition) is 4. The van der Waals surface area contributed by atoms with Crippen molar-refractivity contribution >= 4 is 110 Å². The van der Waals surface area contributed by atoms with Gasteiger partial charge in [-0.25, -0.2) is 0 Å². The molecule has 1 aliphatic heterocycles. The summed E-state index contributed by atoms with van der Waals surface area (Å²) in [5.74, 6) is 0. The number of rotatable bonds is 9. The zero-order chi connectivity index (χ0) is 39.5. The third kappa shape index (κ3) is 6.23. The van der Waals surface area contributed by atoms with Crippen molar-refractivity contribution < 1.29 is 0 Å². The average molecular weight is 795 g/mol. The molecule has 0 fully saturated rings. The van der Waals surface area contributed by atoms with Gasteiger partial charge in [-0.3, -0.25) is 0 Å². The summed E-state index contributed by atoms with van der Waals surface area (Å²) in [5, 5.41) is 11.7. The molecule has 0 amide bonds. The van der Waals surface area contributed by atoms with Crippen LogP contribution in [0.15, 0.2) is 164 Å². The maximum Gasteiger partial charge on any atom is 0.200 e. The predicted octanol–water partition coefficient (Wildman–Crippen LogP) is 14.7. The summed E-state index contributed by atoms with van der Waals surface area (Å²) in [6.45, 7) is 4.44. The first kappa shape index (κ1) is 36.0. The number of anilines is 5. The van der Waals surface area contributed by atoms with E-state index in [1.807, 2.05) is 22.7 Å². The lowest BCUT2D eigenvalue weighted by atomic mass is 9.58. The fourth-order valence-electron chi connectivity index (χ4n) is 9.29. The van der Waals surface area contributed by atoms with Gasteiger partial charge in [-0.15, -0.1) is 22.7 Å². The second-order valence-electron chi connectivity index (χ2n) is 16.0. The van der Waals surface area contributed by atoms with Gasteiger partial charge in [-0.1, -0.05) is 141 Å². The first-order valence-corrected chi connectivity index (χ1v) is 22.6. The first-order chi connectivity index (χ1) is 29.1. The van der Waals surface area contributed by atoms with E-state index in [0.717, 1.165) is 25.1 Å². The van der Waals surface area contributed by atoms with Crippen molar-refractivity contribution in [3.05, 3.63) is 175 Å². The first-order valence-electron chi connectivity index (χ1n) is 20.9. The quantitative estimate of drug-likeness (QED) is 0.116. The molecule has 0 saturated carbocycles. The number of hydrogen-bond donors (Lipinski definition) is 1. The molecule has 0 spiro atoms. The molecule has 8 aromatic carbocycles. The van der Waals surface area contributed by atoms with E-state index < -0.39 is 0 Å². The van der Waals surface area contributed by atoms with Crippen LogP contribution in [-0.2, 0) is 6.42 Å². The Balaban J connectivity index is 1.24. The third-order valence-corrected chi connectivity index (χ3v) is 14.6. The molecule has 0 saturated heterocycles. The summed E-state index contributed by atoms with van der Waals surface area (Å²) in [7, 11) is 0.840. The molecule has 2 aromatic heterocycles. The molecule has 0 radical (unpaired) electrons. The molecule has 59 heavy (non-hydrogen) atoms. The van der Waals surface area contributed by atoms with Crippen LogP contribution in [0.1, 0.15) is 37.3 Å². The fraction of sp³-hybridized carbons (Fsp3) is 0.111. The molecular formula is C54H43BN2S2. The Morgan fingerprint density at radius 3 is 2.14 bits per heavy atom. The minimum Gasteiger partial charge on any atom is -0.355 e. The highest BCUT2D eigenvalue weighted by Crippen LogP contribution is 2.51. The van der Waals surface area contributed by atoms with Crippen LogP contribution in [0.4, 0.5) is 27.8 Å². The van der Waals surface area contributed by atoms with Gasteiger partial charge in [0.2, 0.25) is 7.28 Å². The lowest BCUT2D eigenvalue weighted by Gasteiger charge is -2.35. The monoisotopic (exact) mass is 794 g/mol. The summed E-state index contributed by atoms with van der Waals surface area (Å²) < 4.78 is 3.95. The van der Waals surface area contributed by atoms with Crippen molar-refractivity contribution in [2.75, 3.05) is 10.2 Å². The van der Waals surface area contributed by atoms with Crippen LogP contribution in [0.25, 0.3) is 63.3 Å². The Bertz CT molecular complexity index is 3200. The molecule has 0 atom stereocenters. The Morgan fingerprint density at radius 1 is 0.593 bits per heavy atom. The van der Waals surface area contributed by atoms with Crippen LogP contribution in [0, 0.1) is 6.92 Å². The molecule has 0 aliphatic carbocycles. The van der Waals surface area contributed by atoms with E-state index in [1.54, 1.807) is 0 Å². The Labute approximate surface area is 354 Å². The van der Waals surface area contributed by atoms with Gasteiger partial charge in [0.25, 0.3) is 0 Å². The van der Waals surface area contributed by atoms with E-state index in [4.69, 9.17) is 0 Å². The van der Waals surface area contributed by atoms with Gasteiger partial charge in [0.15, 0.2) is 0 Å². The summed E-state index contributed by atoms with van der Waals surface area (Å²) in [5.41, 5.74) is 15.2. The van der Waals surface area contributed by atoms with E-state index in [2.05, 4.69) is 188 Å². The lowest BCUT2D eigenvalue weighted by molar-refractivity contribution is 0.717.